The SMILES string of the molecule is C[C@@H]1C[C@H]([C@]2(C)CCc3c(cnn3C(C)(C)C)C2)[C@@H](CN)[C@H]2CC[C@H](C)[C@@H]21. The standard InChI is InChI=1S/C24H41N3/c1-15-7-8-18-19(13-25)20(11-16(2)22(15)18)24(6)10-9-21-17(12-24)14-26-27(21)23(3,4)5/h14-16,18-20,22H,7-13,25H2,1-6H3/t15-,16+,18+,19-,20-,22+,24+/m0/s1. The van der Waals surface area contributed by atoms with E-state index in [0.717, 1.165) is 42.1 Å². The van der Waals surface area contributed by atoms with Crippen LogP contribution in [0.5, 0.6) is 0 Å². The summed E-state index contributed by atoms with van der Waals surface area (Å²) in [5.74, 6) is 5.04. The summed E-state index contributed by atoms with van der Waals surface area (Å²) < 4.78 is 2.28. The van der Waals surface area contributed by atoms with Crippen LogP contribution in [0.2, 0.25) is 0 Å². The third kappa shape index (κ3) is 3.09. The summed E-state index contributed by atoms with van der Waals surface area (Å²) in [6.07, 6.45) is 10.0. The summed E-state index contributed by atoms with van der Waals surface area (Å²) in [6, 6.07) is 0. The Balaban J connectivity index is 1.62. The summed E-state index contributed by atoms with van der Waals surface area (Å²) in [5, 5.41) is 4.79. The third-order valence-electron chi connectivity index (χ3n) is 8.74. The Kier molecular flexibility index (Phi) is 4.77. The molecule has 1 aromatic heterocycles. The molecule has 3 aliphatic rings. The lowest BCUT2D eigenvalue weighted by atomic mass is 9.52. The van der Waals surface area contributed by atoms with Gasteiger partial charge >= 0.3 is 0 Å². The molecule has 3 heteroatoms. The van der Waals surface area contributed by atoms with Gasteiger partial charge in [0, 0.05) is 5.69 Å². The highest BCUT2D eigenvalue weighted by atomic mass is 15.3. The molecular formula is C24H41N3. The minimum atomic E-state index is 0.0771. The zero-order chi connectivity index (χ0) is 19.6. The van der Waals surface area contributed by atoms with E-state index < -0.39 is 0 Å². The van der Waals surface area contributed by atoms with Crippen LogP contribution >= 0.6 is 0 Å². The molecule has 0 radical (unpaired) electrons. The van der Waals surface area contributed by atoms with Crippen molar-refractivity contribution < 1.29 is 0 Å². The molecule has 2 fully saturated rings. The van der Waals surface area contributed by atoms with Gasteiger partial charge in [-0.05, 0) is 106 Å². The van der Waals surface area contributed by atoms with Gasteiger partial charge in [0.25, 0.3) is 0 Å². The van der Waals surface area contributed by atoms with Crippen molar-refractivity contribution in [3.63, 3.8) is 0 Å². The lowest BCUT2D eigenvalue weighted by Crippen LogP contribution is -2.49. The number of hydrogen-bond donors (Lipinski definition) is 1. The molecule has 3 nitrogen and oxygen atoms in total. The van der Waals surface area contributed by atoms with Gasteiger partial charge in [-0.2, -0.15) is 5.10 Å². The van der Waals surface area contributed by atoms with Crippen molar-refractivity contribution in [1.29, 1.82) is 0 Å². The second kappa shape index (κ2) is 6.61. The Morgan fingerprint density at radius 3 is 2.63 bits per heavy atom. The highest BCUT2D eigenvalue weighted by molar-refractivity contribution is 5.25. The summed E-state index contributed by atoms with van der Waals surface area (Å²) >= 11 is 0. The van der Waals surface area contributed by atoms with E-state index in [1.807, 2.05) is 0 Å². The zero-order valence-corrected chi connectivity index (χ0v) is 18.5. The fourth-order valence-electron chi connectivity index (χ4n) is 7.56. The van der Waals surface area contributed by atoms with Gasteiger partial charge in [0.2, 0.25) is 0 Å². The fourth-order valence-corrected chi connectivity index (χ4v) is 7.56. The second-order valence-corrected chi connectivity index (χ2v) is 11.5. The van der Waals surface area contributed by atoms with Crippen LogP contribution in [0, 0.1) is 40.9 Å². The molecule has 4 rings (SSSR count). The molecule has 0 aromatic carbocycles. The van der Waals surface area contributed by atoms with Gasteiger partial charge in [0.1, 0.15) is 0 Å². The molecule has 2 N–H and O–H groups in total. The van der Waals surface area contributed by atoms with Gasteiger partial charge in [0.05, 0.1) is 11.7 Å². The average Bonchev–Trinajstić information content (AvgIpc) is 3.18. The van der Waals surface area contributed by atoms with Crippen LogP contribution in [0.25, 0.3) is 0 Å². The summed E-state index contributed by atoms with van der Waals surface area (Å²) in [4.78, 5) is 0. The Morgan fingerprint density at radius 2 is 1.96 bits per heavy atom. The molecule has 152 valence electrons. The first-order valence-electron chi connectivity index (χ1n) is 11.4. The summed E-state index contributed by atoms with van der Waals surface area (Å²) in [7, 11) is 0. The zero-order valence-electron chi connectivity index (χ0n) is 18.5. The molecule has 0 aliphatic heterocycles. The van der Waals surface area contributed by atoms with E-state index in [-0.39, 0.29) is 5.54 Å². The first kappa shape index (κ1) is 19.5. The number of nitrogens with two attached hydrogens (primary N) is 1. The van der Waals surface area contributed by atoms with Crippen molar-refractivity contribution in [2.45, 2.75) is 85.6 Å². The molecule has 0 saturated heterocycles. The topological polar surface area (TPSA) is 43.8 Å². The van der Waals surface area contributed by atoms with E-state index >= 15 is 0 Å². The number of aromatic nitrogens is 2. The molecule has 0 bridgehead atoms. The van der Waals surface area contributed by atoms with Crippen molar-refractivity contribution in [2.24, 2.45) is 46.7 Å². The van der Waals surface area contributed by atoms with E-state index in [1.165, 1.54) is 49.8 Å². The Labute approximate surface area is 166 Å². The largest absolute Gasteiger partial charge is 0.330 e. The van der Waals surface area contributed by atoms with E-state index in [4.69, 9.17) is 10.8 Å². The normalized spacial score (nSPS) is 42.0. The van der Waals surface area contributed by atoms with E-state index in [0.29, 0.717) is 5.41 Å². The van der Waals surface area contributed by atoms with Crippen molar-refractivity contribution >= 4 is 0 Å². The van der Waals surface area contributed by atoms with Gasteiger partial charge < -0.3 is 5.73 Å². The van der Waals surface area contributed by atoms with Crippen LogP contribution in [0.3, 0.4) is 0 Å². The lowest BCUT2D eigenvalue weighted by Gasteiger charge is -2.53. The van der Waals surface area contributed by atoms with Crippen LogP contribution in [-0.2, 0) is 18.4 Å². The first-order chi connectivity index (χ1) is 12.7. The third-order valence-corrected chi connectivity index (χ3v) is 8.74. The summed E-state index contributed by atoms with van der Waals surface area (Å²) in [6.45, 7) is 15.3. The number of fused-ring (bicyclic) bond motifs is 2. The number of rotatable bonds is 2. The van der Waals surface area contributed by atoms with Crippen LogP contribution in [0.4, 0.5) is 0 Å². The molecular weight excluding hydrogens is 330 g/mol. The van der Waals surface area contributed by atoms with Gasteiger partial charge in [-0.1, -0.05) is 27.2 Å². The van der Waals surface area contributed by atoms with Crippen molar-refractivity contribution in [2.75, 3.05) is 6.54 Å². The first-order valence-corrected chi connectivity index (χ1v) is 11.4. The maximum atomic E-state index is 6.45. The average molecular weight is 372 g/mol. The smallest absolute Gasteiger partial charge is 0.0546 e. The lowest BCUT2D eigenvalue weighted by molar-refractivity contribution is -0.0232. The Hall–Kier alpha value is -0.830. The molecule has 2 saturated carbocycles. The molecule has 0 unspecified atom stereocenters. The predicted octanol–water partition coefficient (Wildman–Crippen LogP) is 5.03. The van der Waals surface area contributed by atoms with Crippen LogP contribution in [-0.4, -0.2) is 16.3 Å². The van der Waals surface area contributed by atoms with Crippen molar-refractivity contribution in [1.82, 2.24) is 9.78 Å². The van der Waals surface area contributed by atoms with Gasteiger partial charge in [0.15, 0.2) is 0 Å². The summed E-state index contributed by atoms with van der Waals surface area (Å²) in [5.41, 5.74) is 9.90. The Bertz CT molecular complexity index is 684. The van der Waals surface area contributed by atoms with Crippen LogP contribution in [0.1, 0.15) is 78.5 Å². The molecule has 0 amide bonds. The molecule has 1 heterocycles. The molecule has 0 spiro atoms. The van der Waals surface area contributed by atoms with Gasteiger partial charge in [-0.25, -0.2) is 0 Å². The van der Waals surface area contributed by atoms with E-state index in [2.05, 4.69) is 52.4 Å². The maximum absolute atomic E-state index is 6.45. The number of nitrogens with zero attached hydrogens (tertiary/aromatic N) is 2. The fraction of sp³-hybridized carbons (Fsp3) is 0.875. The maximum Gasteiger partial charge on any atom is 0.0546 e. The van der Waals surface area contributed by atoms with Crippen LogP contribution < -0.4 is 5.73 Å². The molecule has 7 atom stereocenters. The monoisotopic (exact) mass is 371 g/mol. The molecule has 3 aliphatic carbocycles. The quantitative estimate of drug-likeness (QED) is 0.792. The van der Waals surface area contributed by atoms with Gasteiger partial charge in [-0.3, -0.25) is 4.68 Å². The van der Waals surface area contributed by atoms with Crippen molar-refractivity contribution in [3.8, 4) is 0 Å². The van der Waals surface area contributed by atoms with Crippen molar-refractivity contribution in [3.05, 3.63) is 17.5 Å². The van der Waals surface area contributed by atoms with Crippen LogP contribution in [0.15, 0.2) is 6.20 Å². The molecule has 1 aromatic rings. The van der Waals surface area contributed by atoms with E-state index in [9.17, 15) is 0 Å². The predicted molar refractivity (Wildman–Crippen MR) is 113 cm³/mol. The number of hydrogen-bond acceptors (Lipinski definition) is 2. The minimum absolute atomic E-state index is 0.0771. The highest BCUT2D eigenvalue weighted by Crippen LogP contribution is 2.58. The Morgan fingerprint density at radius 1 is 1.22 bits per heavy atom. The second-order valence-electron chi connectivity index (χ2n) is 11.5. The van der Waals surface area contributed by atoms with Gasteiger partial charge in [-0.15, -0.1) is 0 Å². The van der Waals surface area contributed by atoms with E-state index in [1.54, 1.807) is 0 Å². The molecule has 27 heavy (non-hydrogen) atoms. The minimum Gasteiger partial charge on any atom is -0.330 e. The highest BCUT2D eigenvalue weighted by Gasteiger charge is 2.52.